The van der Waals surface area contributed by atoms with Crippen molar-refractivity contribution in [3.05, 3.63) is 28.2 Å². The van der Waals surface area contributed by atoms with Crippen LogP contribution in [0, 0.1) is 23.2 Å². The van der Waals surface area contributed by atoms with Gasteiger partial charge in [-0.25, -0.2) is 0 Å². The molecule has 5 rings (SSSR count). The zero-order valence-corrected chi connectivity index (χ0v) is 15.6. The first-order valence-electron chi connectivity index (χ1n) is 8.50. The van der Waals surface area contributed by atoms with Crippen LogP contribution in [0.4, 0.5) is 5.69 Å². The molecule has 4 saturated carbocycles. The lowest BCUT2D eigenvalue weighted by Crippen LogP contribution is -2.55. The number of rotatable bonds is 2. The SMILES string of the molecule is O=C(NC(=S)Nc1cc(Cl)cc(Cl)c1)C12CC3CC(CC(C3)C1)C2. The quantitative estimate of drug-likeness (QED) is 0.705. The Balaban J connectivity index is 1.43. The van der Waals surface area contributed by atoms with E-state index in [0.29, 0.717) is 20.8 Å². The Kier molecular flexibility index (Phi) is 4.26. The number of benzene rings is 1. The Bertz CT molecular complexity index is 651. The van der Waals surface area contributed by atoms with Crippen LogP contribution in [0.2, 0.25) is 10.0 Å². The molecule has 0 aromatic heterocycles. The van der Waals surface area contributed by atoms with Crippen molar-refractivity contribution in [1.29, 1.82) is 0 Å². The standard InChI is InChI=1S/C18H20Cl2N2OS/c19-13-4-14(20)6-15(5-13)21-17(24)22-16(23)18-7-10-1-11(8-18)3-12(2-10)9-18/h4-6,10-12H,1-3,7-9H2,(H2,21,22,23,24). The van der Waals surface area contributed by atoms with Gasteiger partial charge in [0.25, 0.3) is 0 Å². The van der Waals surface area contributed by atoms with Crippen LogP contribution in [0.15, 0.2) is 18.2 Å². The van der Waals surface area contributed by atoms with Crippen LogP contribution >= 0.6 is 35.4 Å². The van der Waals surface area contributed by atoms with Gasteiger partial charge < -0.3 is 10.6 Å². The first-order valence-corrected chi connectivity index (χ1v) is 9.67. The molecule has 0 unspecified atom stereocenters. The van der Waals surface area contributed by atoms with Gasteiger partial charge in [-0.2, -0.15) is 0 Å². The molecule has 0 spiro atoms. The van der Waals surface area contributed by atoms with Crippen LogP contribution in [-0.2, 0) is 4.79 Å². The monoisotopic (exact) mass is 382 g/mol. The molecule has 1 aromatic rings. The molecular formula is C18H20Cl2N2OS. The van der Waals surface area contributed by atoms with E-state index in [0.717, 1.165) is 37.0 Å². The summed E-state index contributed by atoms with van der Waals surface area (Å²) >= 11 is 17.3. The van der Waals surface area contributed by atoms with Gasteiger partial charge in [0, 0.05) is 15.7 Å². The minimum absolute atomic E-state index is 0.0900. The highest BCUT2D eigenvalue weighted by molar-refractivity contribution is 7.80. The Morgan fingerprint density at radius 3 is 2.00 bits per heavy atom. The summed E-state index contributed by atoms with van der Waals surface area (Å²) in [5, 5.41) is 7.31. The third kappa shape index (κ3) is 3.16. The molecule has 0 saturated heterocycles. The van der Waals surface area contributed by atoms with Crippen LogP contribution in [0.5, 0.6) is 0 Å². The highest BCUT2D eigenvalue weighted by Crippen LogP contribution is 2.60. The molecular weight excluding hydrogens is 363 g/mol. The van der Waals surface area contributed by atoms with Crippen molar-refractivity contribution in [1.82, 2.24) is 5.32 Å². The van der Waals surface area contributed by atoms with E-state index in [1.807, 2.05) is 0 Å². The lowest BCUT2D eigenvalue weighted by Gasteiger charge is -2.55. The van der Waals surface area contributed by atoms with Gasteiger partial charge in [-0.15, -0.1) is 0 Å². The van der Waals surface area contributed by atoms with Gasteiger partial charge in [-0.3, -0.25) is 4.79 Å². The number of anilines is 1. The molecule has 4 aliphatic rings. The van der Waals surface area contributed by atoms with E-state index in [1.165, 1.54) is 19.3 Å². The maximum Gasteiger partial charge on any atom is 0.232 e. The number of thiocarbonyl (C=S) groups is 1. The molecule has 4 aliphatic carbocycles. The first-order chi connectivity index (χ1) is 11.4. The Morgan fingerprint density at radius 1 is 1.00 bits per heavy atom. The number of hydrogen-bond acceptors (Lipinski definition) is 2. The second-order valence-corrected chi connectivity index (χ2v) is 9.05. The molecule has 0 aliphatic heterocycles. The predicted octanol–water partition coefficient (Wildman–Crippen LogP) is 5.02. The number of carbonyl (C=O) groups is 1. The third-order valence-corrected chi connectivity index (χ3v) is 6.51. The van der Waals surface area contributed by atoms with Gasteiger partial charge >= 0.3 is 0 Å². The van der Waals surface area contributed by atoms with Gasteiger partial charge in [0.1, 0.15) is 0 Å². The van der Waals surface area contributed by atoms with E-state index in [4.69, 9.17) is 35.4 Å². The molecule has 128 valence electrons. The van der Waals surface area contributed by atoms with Crippen molar-refractivity contribution < 1.29 is 4.79 Å². The summed E-state index contributed by atoms with van der Waals surface area (Å²) in [6.07, 6.45) is 7.02. The van der Waals surface area contributed by atoms with E-state index in [1.54, 1.807) is 18.2 Å². The molecule has 2 N–H and O–H groups in total. The number of carbonyl (C=O) groups excluding carboxylic acids is 1. The van der Waals surface area contributed by atoms with Crippen LogP contribution in [-0.4, -0.2) is 11.0 Å². The molecule has 24 heavy (non-hydrogen) atoms. The fraction of sp³-hybridized carbons (Fsp3) is 0.556. The summed E-state index contributed by atoms with van der Waals surface area (Å²) < 4.78 is 0. The van der Waals surface area contributed by atoms with Crippen molar-refractivity contribution in [2.45, 2.75) is 38.5 Å². The van der Waals surface area contributed by atoms with Crippen molar-refractivity contribution in [3.63, 3.8) is 0 Å². The molecule has 0 atom stereocenters. The zero-order valence-electron chi connectivity index (χ0n) is 13.3. The van der Waals surface area contributed by atoms with Gasteiger partial charge in [-0.1, -0.05) is 23.2 Å². The van der Waals surface area contributed by atoms with Crippen LogP contribution in [0.3, 0.4) is 0 Å². The highest BCUT2D eigenvalue weighted by atomic mass is 35.5. The summed E-state index contributed by atoms with van der Waals surface area (Å²) in [6.45, 7) is 0. The summed E-state index contributed by atoms with van der Waals surface area (Å²) in [5.41, 5.74) is 0.482. The molecule has 1 amide bonds. The average molecular weight is 383 g/mol. The predicted molar refractivity (Wildman–Crippen MR) is 101 cm³/mol. The van der Waals surface area contributed by atoms with Crippen molar-refractivity contribution in [3.8, 4) is 0 Å². The molecule has 0 heterocycles. The summed E-state index contributed by atoms with van der Waals surface area (Å²) in [7, 11) is 0. The van der Waals surface area contributed by atoms with Crippen molar-refractivity contribution in [2.75, 3.05) is 5.32 Å². The van der Waals surface area contributed by atoms with Crippen LogP contribution < -0.4 is 10.6 Å². The van der Waals surface area contributed by atoms with Crippen molar-refractivity contribution >= 4 is 52.1 Å². The Hall–Kier alpha value is -0.840. The average Bonchev–Trinajstić information content (AvgIpc) is 2.44. The number of nitrogens with one attached hydrogen (secondary N) is 2. The Morgan fingerprint density at radius 2 is 1.50 bits per heavy atom. The second-order valence-electron chi connectivity index (χ2n) is 7.76. The normalized spacial score (nSPS) is 33.3. The molecule has 0 radical (unpaired) electrons. The van der Waals surface area contributed by atoms with Crippen molar-refractivity contribution in [2.24, 2.45) is 23.2 Å². The lowest BCUT2D eigenvalue weighted by atomic mass is 9.49. The number of amides is 1. The Labute approximate surface area is 157 Å². The summed E-state index contributed by atoms with van der Waals surface area (Å²) in [6, 6.07) is 5.12. The third-order valence-electron chi connectivity index (χ3n) is 5.87. The molecule has 3 nitrogen and oxygen atoms in total. The largest absolute Gasteiger partial charge is 0.332 e. The maximum atomic E-state index is 12.9. The summed E-state index contributed by atoms with van der Waals surface area (Å²) in [4.78, 5) is 12.9. The fourth-order valence-corrected chi connectivity index (χ4v) is 6.15. The van der Waals surface area contributed by atoms with Gasteiger partial charge in [0.2, 0.25) is 5.91 Å². The number of halogens is 2. The minimum atomic E-state index is -0.202. The second kappa shape index (κ2) is 6.15. The smallest absolute Gasteiger partial charge is 0.232 e. The molecule has 4 bridgehead atoms. The summed E-state index contributed by atoms with van der Waals surface area (Å²) in [5.74, 6) is 2.29. The van der Waals surface area contributed by atoms with Gasteiger partial charge in [0.05, 0.1) is 5.41 Å². The van der Waals surface area contributed by atoms with E-state index >= 15 is 0 Å². The molecule has 6 heteroatoms. The van der Waals surface area contributed by atoms with Gasteiger partial charge in [0.15, 0.2) is 5.11 Å². The number of hydrogen-bond donors (Lipinski definition) is 2. The zero-order chi connectivity index (χ0) is 16.9. The molecule has 4 fully saturated rings. The fourth-order valence-electron chi connectivity index (χ4n) is 5.41. The molecule has 1 aromatic carbocycles. The van der Waals surface area contributed by atoms with E-state index in [-0.39, 0.29) is 11.3 Å². The van der Waals surface area contributed by atoms with E-state index < -0.39 is 0 Å². The highest BCUT2D eigenvalue weighted by Gasteiger charge is 2.54. The van der Waals surface area contributed by atoms with Gasteiger partial charge in [-0.05, 0) is 86.7 Å². The maximum absolute atomic E-state index is 12.9. The van der Waals surface area contributed by atoms with E-state index in [2.05, 4.69) is 10.6 Å². The van der Waals surface area contributed by atoms with Crippen LogP contribution in [0.1, 0.15) is 38.5 Å². The first kappa shape index (κ1) is 16.6. The van der Waals surface area contributed by atoms with E-state index in [9.17, 15) is 4.79 Å². The lowest BCUT2D eigenvalue weighted by molar-refractivity contribution is -0.144. The topological polar surface area (TPSA) is 41.1 Å². The minimum Gasteiger partial charge on any atom is -0.332 e. The van der Waals surface area contributed by atoms with Crippen LogP contribution in [0.25, 0.3) is 0 Å².